The Labute approximate surface area is 131 Å². The maximum Gasteiger partial charge on any atom is 0.305 e. The van der Waals surface area contributed by atoms with Crippen molar-refractivity contribution in [3.05, 3.63) is 0 Å². The van der Waals surface area contributed by atoms with E-state index in [2.05, 4.69) is 6.92 Å². The average molecular weight is 320 g/mol. The highest BCUT2D eigenvalue weighted by atomic mass is 16.6. The van der Waals surface area contributed by atoms with E-state index in [1.807, 2.05) is 0 Å². The normalized spacial score (nSPS) is 19.7. The second-order valence-corrected chi connectivity index (χ2v) is 5.42. The van der Waals surface area contributed by atoms with Crippen LogP contribution in [0.25, 0.3) is 0 Å². The molecule has 1 heterocycles. The number of hydrogen-bond acceptors (Lipinski definition) is 7. The van der Waals surface area contributed by atoms with Gasteiger partial charge in [-0.15, -0.1) is 0 Å². The molecule has 0 aromatic carbocycles. The van der Waals surface area contributed by atoms with Crippen LogP contribution in [0, 0.1) is 0 Å². The van der Waals surface area contributed by atoms with Gasteiger partial charge in [0.2, 0.25) is 0 Å². The van der Waals surface area contributed by atoms with Gasteiger partial charge in [0.25, 0.3) is 0 Å². The van der Waals surface area contributed by atoms with E-state index >= 15 is 0 Å². The molecule has 7 nitrogen and oxygen atoms in total. The Bertz CT molecular complexity index is 294. The summed E-state index contributed by atoms with van der Waals surface area (Å²) in [6.45, 7) is 3.18. The lowest BCUT2D eigenvalue weighted by atomic mass is 10.2. The van der Waals surface area contributed by atoms with Gasteiger partial charge in [0.1, 0.15) is 24.9 Å². The molecule has 0 amide bonds. The van der Waals surface area contributed by atoms with Crippen molar-refractivity contribution in [1.82, 2.24) is 0 Å². The molecule has 0 saturated carbocycles. The van der Waals surface area contributed by atoms with Crippen molar-refractivity contribution < 1.29 is 34.0 Å². The fourth-order valence-electron chi connectivity index (χ4n) is 1.72. The summed E-state index contributed by atoms with van der Waals surface area (Å²) in [5.74, 6) is -0.307. The number of aliphatic hydroxyl groups is 2. The summed E-state index contributed by atoms with van der Waals surface area (Å²) in [5.41, 5.74) is 0. The van der Waals surface area contributed by atoms with Crippen molar-refractivity contribution in [2.24, 2.45) is 0 Å². The fraction of sp³-hybridized carbons (Fsp3) is 0.933. The molecule has 0 aromatic rings. The largest absolute Gasteiger partial charge is 0.463 e. The van der Waals surface area contributed by atoms with Gasteiger partial charge in [-0.1, -0.05) is 19.8 Å². The molecular weight excluding hydrogens is 292 g/mol. The van der Waals surface area contributed by atoms with Crippen LogP contribution in [0.3, 0.4) is 0 Å². The van der Waals surface area contributed by atoms with E-state index in [-0.39, 0.29) is 38.5 Å². The summed E-state index contributed by atoms with van der Waals surface area (Å²) in [6, 6.07) is 0. The lowest BCUT2D eigenvalue weighted by Gasteiger charge is -2.18. The number of rotatable bonds is 14. The highest BCUT2D eigenvalue weighted by Gasteiger charge is 2.23. The summed E-state index contributed by atoms with van der Waals surface area (Å²) in [7, 11) is 0. The summed E-state index contributed by atoms with van der Waals surface area (Å²) >= 11 is 0. The second kappa shape index (κ2) is 11.8. The van der Waals surface area contributed by atoms with Gasteiger partial charge in [0.15, 0.2) is 0 Å². The van der Waals surface area contributed by atoms with Crippen LogP contribution in [0.5, 0.6) is 0 Å². The summed E-state index contributed by atoms with van der Waals surface area (Å²) in [4.78, 5) is 11.4. The maximum absolute atomic E-state index is 11.4. The molecule has 1 aliphatic rings. The van der Waals surface area contributed by atoms with Gasteiger partial charge in [-0.25, -0.2) is 0 Å². The van der Waals surface area contributed by atoms with Crippen LogP contribution >= 0.6 is 0 Å². The zero-order valence-corrected chi connectivity index (χ0v) is 13.2. The van der Waals surface area contributed by atoms with Gasteiger partial charge in [-0.05, 0) is 6.42 Å². The monoisotopic (exact) mass is 320 g/mol. The van der Waals surface area contributed by atoms with Crippen molar-refractivity contribution in [2.75, 3.05) is 39.6 Å². The molecule has 3 unspecified atom stereocenters. The molecule has 7 heteroatoms. The number of hydrogen-bond donors (Lipinski definition) is 2. The van der Waals surface area contributed by atoms with Crippen LogP contribution in [-0.2, 0) is 23.7 Å². The Morgan fingerprint density at radius 1 is 1.32 bits per heavy atom. The highest BCUT2D eigenvalue weighted by molar-refractivity contribution is 5.69. The number of aliphatic hydroxyl groups excluding tert-OH is 2. The Hall–Kier alpha value is -0.730. The second-order valence-electron chi connectivity index (χ2n) is 5.42. The van der Waals surface area contributed by atoms with Crippen molar-refractivity contribution in [3.63, 3.8) is 0 Å². The Balaban J connectivity index is 2.01. The molecule has 1 aliphatic heterocycles. The minimum absolute atomic E-state index is 0.0171. The van der Waals surface area contributed by atoms with Gasteiger partial charge in [0, 0.05) is 6.42 Å². The van der Waals surface area contributed by atoms with Crippen LogP contribution in [0.4, 0.5) is 0 Å². The quantitative estimate of drug-likeness (QED) is 0.269. The van der Waals surface area contributed by atoms with E-state index in [1.54, 1.807) is 0 Å². The molecular formula is C15H28O7. The smallest absolute Gasteiger partial charge is 0.305 e. The zero-order chi connectivity index (χ0) is 16.2. The molecule has 0 spiro atoms. The molecule has 0 aliphatic carbocycles. The highest BCUT2D eigenvalue weighted by Crippen LogP contribution is 2.09. The Morgan fingerprint density at radius 2 is 2.09 bits per heavy atom. The summed E-state index contributed by atoms with van der Waals surface area (Å²) < 4.78 is 20.6. The van der Waals surface area contributed by atoms with Gasteiger partial charge in [0.05, 0.1) is 33.0 Å². The third-order valence-electron chi connectivity index (χ3n) is 3.16. The number of unbranched alkanes of at least 4 members (excludes halogenated alkanes) is 2. The summed E-state index contributed by atoms with van der Waals surface area (Å²) in [5, 5.41) is 18.8. The molecule has 0 bridgehead atoms. The Morgan fingerprint density at radius 3 is 2.73 bits per heavy atom. The van der Waals surface area contributed by atoms with Crippen LogP contribution in [-0.4, -0.2) is 74.1 Å². The Kier molecular flexibility index (Phi) is 10.3. The van der Waals surface area contributed by atoms with E-state index in [1.165, 1.54) is 0 Å². The van der Waals surface area contributed by atoms with E-state index in [0.29, 0.717) is 19.6 Å². The molecule has 130 valence electrons. The molecule has 22 heavy (non-hydrogen) atoms. The minimum atomic E-state index is -0.907. The van der Waals surface area contributed by atoms with E-state index in [9.17, 15) is 9.90 Å². The van der Waals surface area contributed by atoms with Crippen molar-refractivity contribution in [1.29, 1.82) is 0 Å². The third kappa shape index (κ3) is 10.1. The zero-order valence-electron chi connectivity index (χ0n) is 13.2. The minimum Gasteiger partial charge on any atom is -0.463 e. The number of carbonyl (C=O) groups is 1. The predicted octanol–water partition coefficient (Wildman–Crippen LogP) is 0.264. The molecule has 1 rings (SSSR count). The lowest BCUT2D eigenvalue weighted by molar-refractivity contribution is -0.149. The first kappa shape index (κ1) is 19.3. The number of esters is 1. The maximum atomic E-state index is 11.4. The first-order valence-corrected chi connectivity index (χ1v) is 7.91. The molecule has 3 atom stereocenters. The number of epoxide rings is 1. The average Bonchev–Trinajstić information content (AvgIpc) is 3.33. The summed E-state index contributed by atoms with van der Waals surface area (Å²) in [6.07, 6.45) is 1.96. The molecule has 0 radical (unpaired) electrons. The van der Waals surface area contributed by atoms with E-state index < -0.39 is 12.2 Å². The molecule has 0 aromatic heterocycles. The standard InChI is InChI=1S/C15H28O7/c1-2-3-4-5-15(18)22-8-12(17)7-20-13(6-16)9-19-10-14-11-21-14/h12-14,16-17H,2-11H2,1H3. The van der Waals surface area contributed by atoms with Crippen molar-refractivity contribution in [2.45, 2.75) is 50.9 Å². The fourth-order valence-corrected chi connectivity index (χ4v) is 1.72. The number of ether oxygens (including phenoxy) is 4. The van der Waals surface area contributed by atoms with Crippen LogP contribution < -0.4 is 0 Å². The molecule has 1 saturated heterocycles. The molecule has 2 N–H and O–H groups in total. The van der Waals surface area contributed by atoms with E-state index in [4.69, 9.17) is 24.1 Å². The van der Waals surface area contributed by atoms with Crippen molar-refractivity contribution in [3.8, 4) is 0 Å². The first-order valence-electron chi connectivity index (χ1n) is 7.91. The van der Waals surface area contributed by atoms with Gasteiger partial charge in [-0.2, -0.15) is 0 Å². The SMILES string of the molecule is CCCCCC(=O)OCC(O)COC(CO)COCC1CO1. The number of carbonyl (C=O) groups excluding carboxylic acids is 1. The van der Waals surface area contributed by atoms with Gasteiger partial charge >= 0.3 is 5.97 Å². The van der Waals surface area contributed by atoms with Gasteiger partial charge < -0.3 is 29.2 Å². The van der Waals surface area contributed by atoms with Gasteiger partial charge in [-0.3, -0.25) is 4.79 Å². The van der Waals surface area contributed by atoms with Crippen LogP contribution in [0.15, 0.2) is 0 Å². The lowest BCUT2D eigenvalue weighted by Crippen LogP contribution is -2.31. The topological polar surface area (TPSA) is 97.8 Å². The third-order valence-corrected chi connectivity index (χ3v) is 3.16. The molecule has 1 fully saturated rings. The van der Waals surface area contributed by atoms with E-state index in [0.717, 1.165) is 19.3 Å². The van der Waals surface area contributed by atoms with Crippen LogP contribution in [0.1, 0.15) is 32.6 Å². The van der Waals surface area contributed by atoms with Crippen molar-refractivity contribution >= 4 is 5.97 Å². The van der Waals surface area contributed by atoms with Crippen LogP contribution in [0.2, 0.25) is 0 Å². The first-order chi connectivity index (χ1) is 10.7. The predicted molar refractivity (Wildman–Crippen MR) is 78.5 cm³/mol.